The number of halogens is 2. The predicted molar refractivity (Wildman–Crippen MR) is 84.5 cm³/mol. The zero-order valence-electron chi connectivity index (χ0n) is 13.4. The van der Waals surface area contributed by atoms with Crippen molar-refractivity contribution in [3.8, 4) is 0 Å². The minimum atomic E-state index is -2.76. The van der Waals surface area contributed by atoms with E-state index in [2.05, 4.69) is 5.10 Å². The van der Waals surface area contributed by atoms with E-state index in [1.54, 1.807) is 25.1 Å². The second-order valence-corrected chi connectivity index (χ2v) is 5.85. The van der Waals surface area contributed by atoms with Gasteiger partial charge in [0.05, 0.1) is 25.1 Å². The molecule has 2 heterocycles. The van der Waals surface area contributed by atoms with Crippen molar-refractivity contribution >= 4 is 22.6 Å². The van der Waals surface area contributed by atoms with Crippen molar-refractivity contribution in [3.05, 3.63) is 34.1 Å². The number of benzene rings is 1. The molecule has 0 atom stereocenters. The Kier molecular flexibility index (Phi) is 3.98. The zero-order valence-corrected chi connectivity index (χ0v) is 13.4. The highest BCUT2D eigenvalue weighted by Crippen LogP contribution is 2.33. The van der Waals surface area contributed by atoms with Crippen molar-refractivity contribution in [2.45, 2.75) is 26.3 Å². The van der Waals surface area contributed by atoms with Crippen molar-refractivity contribution in [1.29, 1.82) is 0 Å². The predicted octanol–water partition coefficient (Wildman–Crippen LogP) is 1.72. The van der Waals surface area contributed by atoms with E-state index in [1.165, 1.54) is 4.90 Å². The van der Waals surface area contributed by atoms with Gasteiger partial charge in [-0.2, -0.15) is 5.10 Å². The molecular weight excluding hydrogens is 320 g/mol. The number of nitrogens with zero attached hydrogens (tertiary/aromatic N) is 3. The van der Waals surface area contributed by atoms with Crippen LogP contribution in [0.5, 0.6) is 0 Å². The van der Waals surface area contributed by atoms with Gasteiger partial charge in [0.25, 0.3) is 11.5 Å². The quantitative estimate of drug-likeness (QED) is 0.795. The van der Waals surface area contributed by atoms with Gasteiger partial charge in [-0.25, -0.2) is 13.5 Å². The third-order valence-electron chi connectivity index (χ3n) is 3.82. The summed E-state index contributed by atoms with van der Waals surface area (Å²) < 4.78 is 32.3. The Balaban J connectivity index is 2.10. The molecule has 0 radical (unpaired) electrons. The number of rotatable bonds is 4. The van der Waals surface area contributed by atoms with Crippen LogP contribution in [0.3, 0.4) is 0 Å². The van der Waals surface area contributed by atoms with E-state index in [0.717, 1.165) is 10.2 Å². The van der Waals surface area contributed by atoms with E-state index in [4.69, 9.17) is 4.74 Å². The number of aromatic nitrogens is 2. The molecule has 24 heavy (non-hydrogen) atoms. The number of alkyl halides is 2. The molecule has 8 heteroatoms. The molecule has 0 bridgehead atoms. The van der Waals surface area contributed by atoms with Gasteiger partial charge in [0.15, 0.2) is 5.82 Å². The Labute approximate surface area is 136 Å². The second-order valence-electron chi connectivity index (χ2n) is 5.85. The SMILES string of the molecule is CCOC(=O)Cn1nc(N2CC(F)(F)C2)c2cc(C)ccc2c1=O. The summed E-state index contributed by atoms with van der Waals surface area (Å²) in [5.41, 5.74) is 0.439. The van der Waals surface area contributed by atoms with Crippen LogP contribution in [0.2, 0.25) is 0 Å². The smallest absolute Gasteiger partial charge is 0.327 e. The van der Waals surface area contributed by atoms with Gasteiger partial charge in [0.2, 0.25) is 0 Å². The average Bonchev–Trinajstić information content (AvgIpc) is 2.48. The molecule has 0 spiro atoms. The average molecular weight is 337 g/mol. The lowest BCUT2D eigenvalue weighted by Gasteiger charge is -2.40. The van der Waals surface area contributed by atoms with Crippen LogP contribution < -0.4 is 10.5 Å². The Morgan fingerprint density at radius 3 is 2.67 bits per heavy atom. The van der Waals surface area contributed by atoms with E-state index in [0.29, 0.717) is 10.8 Å². The Bertz CT molecular complexity index is 856. The summed E-state index contributed by atoms with van der Waals surface area (Å²) in [6, 6.07) is 5.12. The van der Waals surface area contributed by atoms with Crippen LogP contribution in [0.15, 0.2) is 23.0 Å². The molecule has 2 aromatic rings. The number of hydrogen-bond acceptors (Lipinski definition) is 5. The number of carbonyl (C=O) groups excluding carboxylic acids is 1. The molecule has 6 nitrogen and oxygen atoms in total. The normalized spacial score (nSPS) is 16.1. The van der Waals surface area contributed by atoms with Crippen molar-refractivity contribution in [3.63, 3.8) is 0 Å². The molecule has 1 fully saturated rings. The van der Waals surface area contributed by atoms with Gasteiger partial charge in [-0.3, -0.25) is 9.59 Å². The standard InChI is InChI=1S/C16H17F2N3O3/c1-3-24-13(22)7-21-15(23)11-5-4-10(2)6-12(11)14(19-21)20-8-16(17,18)9-20/h4-6H,3,7-9H2,1-2H3. The van der Waals surface area contributed by atoms with Gasteiger partial charge in [-0.15, -0.1) is 0 Å². The molecule has 0 aliphatic carbocycles. The van der Waals surface area contributed by atoms with E-state index in [-0.39, 0.29) is 19.0 Å². The summed E-state index contributed by atoms with van der Waals surface area (Å²) >= 11 is 0. The summed E-state index contributed by atoms with van der Waals surface area (Å²) in [5, 5.41) is 5.00. The Morgan fingerprint density at radius 1 is 1.33 bits per heavy atom. The highest BCUT2D eigenvalue weighted by Gasteiger charge is 2.45. The molecule has 128 valence electrons. The van der Waals surface area contributed by atoms with Crippen molar-refractivity contribution in [2.24, 2.45) is 0 Å². The highest BCUT2D eigenvalue weighted by atomic mass is 19.3. The van der Waals surface area contributed by atoms with Crippen LogP contribution >= 0.6 is 0 Å². The highest BCUT2D eigenvalue weighted by molar-refractivity contribution is 5.92. The topological polar surface area (TPSA) is 64.4 Å². The number of esters is 1. The zero-order chi connectivity index (χ0) is 17.5. The number of aryl methyl sites for hydroxylation is 1. The second kappa shape index (κ2) is 5.85. The summed E-state index contributed by atoms with van der Waals surface area (Å²) in [7, 11) is 0. The molecule has 1 aliphatic heterocycles. The van der Waals surface area contributed by atoms with E-state index >= 15 is 0 Å². The maximum atomic E-state index is 13.2. The number of anilines is 1. The largest absolute Gasteiger partial charge is 0.465 e. The summed E-state index contributed by atoms with van der Waals surface area (Å²) in [5.74, 6) is -3.08. The van der Waals surface area contributed by atoms with Gasteiger partial charge in [0.1, 0.15) is 6.54 Å². The van der Waals surface area contributed by atoms with Gasteiger partial charge in [0, 0.05) is 5.39 Å². The van der Waals surface area contributed by atoms with Gasteiger partial charge >= 0.3 is 5.97 Å². The number of ether oxygens (including phenoxy) is 1. The van der Waals surface area contributed by atoms with Crippen LogP contribution in [-0.4, -0.2) is 41.4 Å². The van der Waals surface area contributed by atoms with Gasteiger partial charge in [-0.05, 0) is 26.0 Å². The number of carbonyl (C=O) groups is 1. The summed E-state index contributed by atoms with van der Waals surface area (Å²) in [6.45, 7) is 2.42. The van der Waals surface area contributed by atoms with Crippen molar-refractivity contribution < 1.29 is 18.3 Å². The van der Waals surface area contributed by atoms with Crippen LogP contribution in [0.4, 0.5) is 14.6 Å². The monoisotopic (exact) mass is 337 g/mol. The van der Waals surface area contributed by atoms with E-state index < -0.39 is 30.5 Å². The minimum Gasteiger partial charge on any atom is -0.465 e. The first-order valence-corrected chi connectivity index (χ1v) is 7.60. The Hall–Kier alpha value is -2.51. The molecule has 0 unspecified atom stereocenters. The summed E-state index contributed by atoms with van der Waals surface area (Å²) in [4.78, 5) is 25.6. The lowest BCUT2D eigenvalue weighted by Crippen LogP contribution is -2.57. The lowest BCUT2D eigenvalue weighted by molar-refractivity contribution is -0.144. The van der Waals surface area contributed by atoms with E-state index in [9.17, 15) is 18.4 Å². The maximum Gasteiger partial charge on any atom is 0.327 e. The van der Waals surface area contributed by atoms with E-state index in [1.807, 2.05) is 6.92 Å². The first-order valence-electron chi connectivity index (χ1n) is 7.60. The number of fused-ring (bicyclic) bond motifs is 1. The molecular formula is C16H17F2N3O3. The lowest BCUT2D eigenvalue weighted by atomic mass is 10.1. The molecule has 0 N–H and O–H groups in total. The Morgan fingerprint density at radius 2 is 2.04 bits per heavy atom. The van der Waals surface area contributed by atoms with Crippen molar-refractivity contribution in [2.75, 3.05) is 24.6 Å². The molecule has 1 aromatic carbocycles. The number of hydrogen-bond donors (Lipinski definition) is 0. The van der Waals surface area contributed by atoms with Crippen LogP contribution in [0.1, 0.15) is 12.5 Å². The molecule has 1 aromatic heterocycles. The molecule has 3 rings (SSSR count). The minimum absolute atomic E-state index is 0.186. The fourth-order valence-electron chi connectivity index (χ4n) is 2.71. The van der Waals surface area contributed by atoms with Gasteiger partial charge in [-0.1, -0.05) is 11.6 Å². The van der Waals surface area contributed by atoms with Crippen LogP contribution in [0.25, 0.3) is 10.8 Å². The fourth-order valence-corrected chi connectivity index (χ4v) is 2.71. The molecule has 1 saturated heterocycles. The first-order chi connectivity index (χ1) is 11.3. The fraction of sp³-hybridized carbons (Fsp3) is 0.438. The van der Waals surface area contributed by atoms with Gasteiger partial charge < -0.3 is 9.64 Å². The third kappa shape index (κ3) is 2.95. The molecule has 1 aliphatic rings. The third-order valence-corrected chi connectivity index (χ3v) is 3.82. The molecule has 0 amide bonds. The molecule has 0 saturated carbocycles. The van der Waals surface area contributed by atoms with Crippen molar-refractivity contribution in [1.82, 2.24) is 9.78 Å². The summed E-state index contributed by atoms with van der Waals surface area (Å²) in [6.07, 6.45) is 0. The van der Waals surface area contributed by atoms with Crippen LogP contribution in [-0.2, 0) is 16.1 Å². The van der Waals surface area contributed by atoms with Crippen LogP contribution in [0, 0.1) is 6.92 Å². The first kappa shape index (κ1) is 16.4. The maximum absolute atomic E-state index is 13.2.